The van der Waals surface area contributed by atoms with E-state index in [0.717, 1.165) is 29.7 Å². The Bertz CT molecular complexity index is 1240. The molecule has 4 heterocycles. The monoisotopic (exact) mass is 382 g/mol. The molecule has 7 nitrogen and oxygen atoms in total. The van der Waals surface area contributed by atoms with E-state index < -0.39 is 0 Å². The standard InChI is InChI=1S/C19H18N4O3S/c1-11-17-14(9-16(24)22(11)10-12-5-4-8-26-12)21-23(18(17)25)19-20-13-6-2-3-7-15(13)27-19/h2-3,6-7,9,12,21H,4-5,8,10H2,1H3/t12-/m0/s1. The molecule has 0 unspecified atom stereocenters. The summed E-state index contributed by atoms with van der Waals surface area (Å²) < 4.78 is 9.74. The van der Waals surface area contributed by atoms with Gasteiger partial charge in [-0.1, -0.05) is 23.5 Å². The van der Waals surface area contributed by atoms with Crippen LogP contribution in [0.4, 0.5) is 0 Å². The van der Waals surface area contributed by atoms with Crippen molar-refractivity contribution in [1.82, 2.24) is 19.3 Å². The van der Waals surface area contributed by atoms with E-state index in [4.69, 9.17) is 4.74 Å². The molecule has 1 aliphatic rings. The molecule has 8 heteroatoms. The molecule has 3 aromatic heterocycles. The van der Waals surface area contributed by atoms with Gasteiger partial charge < -0.3 is 9.30 Å². The third-order valence-corrected chi connectivity index (χ3v) is 6.12. The minimum absolute atomic E-state index is 0.0317. The Kier molecular flexibility index (Phi) is 3.76. The van der Waals surface area contributed by atoms with Crippen LogP contribution in [0, 0.1) is 6.92 Å². The molecule has 0 spiro atoms. The summed E-state index contributed by atoms with van der Waals surface area (Å²) in [6.45, 7) is 3.03. The number of nitrogens with zero attached hydrogens (tertiary/aromatic N) is 3. The Morgan fingerprint density at radius 3 is 2.96 bits per heavy atom. The fourth-order valence-electron chi connectivity index (χ4n) is 3.72. The molecule has 0 saturated carbocycles. The summed E-state index contributed by atoms with van der Waals surface area (Å²) >= 11 is 1.44. The number of nitrogens with one attached hydrogen (secondary N) is 1. The number of aromatic nitrogens is 4. The average molecular weight is 382 g/mol. The lowest BCUT2D eigenvalue weighted by atomic mass is 10.2. The van der Waals surface area contributed by atoms with Crippen molar-refractivity contribution >= 4 is 32.5 Å². The van der Waals surface area contributed by atoms with E-state index in [9.17, 15) is 9.59 Å². The molecule has 138 valence electrons. The van der Waals surface area contributed by atoms with Gasteiger partial charge in [-0.05, 0) is 31.9 Å². The predicted molar refractivity (Wildman–Crippen MR) is 105 cm³/mol. The van der Waals surface area contributed by atoms with Crippen molar-refractivity contribution in [1.29, 1.82) is 0 Å². The number of para-hydroxylation sites is 1. The second-order valence-corrected chi connectivity index (χ2v) is 7.83. The number of rotatable bonds is 3. The van der Waals surface area contributed by atoms with Crippen LogP contribution in [0.1, 0.15) is 18.5 Å². The summed E-state index contributed by atoms with van der Waals surface area (Å²) in [5.41, 5.74) is 1.72. The molecule has 4 aromatic rings. The molecule has 0 aliphatic carbocycles. The Balaban J connectivity index is 1.67. The SMILES string of the molecule is Cc1c2c(=O)n(-c3nc4ccccc4s3)[nH]c2cc(=O)n1C[C@@H]1CCCO1. The Morgan fingerprint density at radius 2 is 2.19 bits per heavy atom. The number of benzene rings is 1. The van der Waals surface area contributed by atoms with Gasteiger partial charge in [0.25, 0.3) is 11.1 Å². The van der Waals surface area contributed by atoms with Gasteiger partial charge in [0.15, 0.2) is 0 Å². The van der Waals surface area contributed by atoms with Crippen LogP contribution in [0.25, 0.3) is 26.3 Å². The van der Waals surface area contributed by atoms with E-state index in [1.807, 2.05) is 31.2 Å². The van der Waals surface area contributed by atoms with Crippen LogP contribution in [0.3, 0.4) is 0 Å². The van der Waals surface area contributed by atoms with Gasteiger partial charge in [0, 0.05) is 18.4 Å². The van der Waals surface area contributed by atoms with E-state index in [1.54, 1.807) is 4.57 Å². The molecule has 1 atom stereocenters. The highest BCUT2D eigenvalue weighted by molar-refractivity contribution is 7.20. The van der Waals surface area contributed by atoms with Crippen LogP contribution >= 0.6 is 11.3 Å². The molecule has 0 bridgehead atoms. The number of thiazole rings is 1. The van der Waals surface area contributed by atoms with Crippen LogP contribution in [-0.2, 0) is 11.3 Å². The van der Waals surface area contributed by atoms with Crippen LogP contribution in [0.15, 0.2) is 39.9 Å². The maximum absolute atomic E-state index is 13.1. The summed E-state index contributed by atoms with van der Waals surface area (Å²) in [4.78, 5) is 30.2. The summed E-state index contributed by atoms with van der Waals surface area (Å²) in [5.74, 6) is 0. The van der Waals surface area contributed by atoms with E-state index >= 15 is 0 Å². The van der Waals surface area contributed by atoms with Crippen LogP contribution in [0.5, 0.6) is 0 Å². The number of hydrogen-bond donors (Lipinski definition) is 1. The third-order valence-electron chi connectivity index (χ3n) is 5.10. The smallest absolute Gasteiger partial charge is 0.282 e. The Hall–Kier alpha value is -2.71. The van der Waals surface area contributed by atoms with Crippen molar-refractivity contribution in [2.75, 3.05) is 6.61 Å². The fourth-order valence-corrected chi connectivity index (χ4v) is 4.64. The molecule has 1 aromatic carbocycles. The lowest BCUT2D eigenvalue weighted by Gasteiger charge is -2.14. The number of H-pyrrole nitrogens is 1. The molecule has 1 aliphatic heterocycles. The highest BCUT2D eigenvalue weighted by Gasteiger charge is 2.21. The number of hydrogen-bond acceptors (Lipinski definition) is 5. The van der Waals surface area contributed by atoms with Crippen molar-refractivity contribution in [2.24, 2.45) is 0 Å². The number of ether oxygens (including phenoxy) is 1. The van der Waals surface area contributed by atoms with Gasteiger partial charge in [-0.2, -0.15) is 4.68 Å². The first-order chi connectivity index (χ1) is 13.1. The molecule has 0 amide bonds. The van der Waals surface area contributed by atoms with Gasteiger partial charge in [-0.3, -0.25) is 14.7 Å². The van der Waals surface area contributed by atoms with Gasteiger partial charge in [0.05, 0.1) is 33.8 Å². The number of pyridine rings is 1. The first-order valence-electron chi connectivity index (χ1n) is 8.94. The maximum Gasteiger partial charge on any atom is 0.282 e. The summed E-state index contributed by atoms with van der Waals surface area (Å²) in [6, 6.07) is 9.24. The Labute approximate surface area is 157 Å². The first-order valence-corrected chi connectivity index (χ1v) is 9.76. The first kappa shape index (κ1) is 16.5. The van der Waals surface area contributed by atoms with Crippen LogP contribution in [-0.4, -0.2) is 32.0 Å². The zero-order valence-corrected chi connectivity index (χ0v) is 15.6. The molecule has 1 saturated heterocycles. The second kappa shape index (κ2) is 6.17. The summed E-state index contributed by atoms with van der Waals surface area (Å²) in [7, 11) is 0. The maximum atomic E-state index is 13.1. The minimum atomic E-state index is -0.192. The van der Waals surface area contributed by atoms with E-state index in [2.05, 4.69) is 10.1 Å². The molecular formula is C19H18N4O3S. The van der Waals surface area contributed by atoms with Crippen molar-refractivity contribution in [3.05, 3.63) is 56.7 Å². The number of aromatic amines is 1. The molecule has 0 radical (unpaired) electrons. The fraction of sp³-hybridized carbons (Fsp3) is 0.316. The largest absolute Gasteiger partial charge is 0.376 e. The molecule has 5 rings (SSSR count). The Morgan fingerprint density at radius 1 is 1.33 bits per heavy atom. The van der Waals surface area contributed by atoms with Crippen molar-refractivity contribution in [3.8, 4) is 5.13 Å². The normalized spacial score (nSPS) is 17.3. The van der Waals surface area contributed by atoms with Gasteiger partial charge in [-0.15, -0.1) is 0 Å². The van der Waals surface area contributed by atoms with E-state index in [1.165, 1.54) is 22.1 Å². The molecular weight excluding hydrogens is 364 g/mol. The topological polar surface area (TPSA) is 81.9 Å². The number of aryl methyl sites for hydroxylation is 1. The van der Waals surface area contributed by atoms with Gasteiger partial charge >= 0.3 is 0 Å². The quantitative estimate of drug-likeness (QED) is 0.590. The third kappa shape index (κ3) is 2.64. The molecule has 1 fully saturated rings. The van der Waals surface area contributed by atoms with Gasteiger partial charge in [-0.25, -0.2) is 4.98 Å². The lowest BCUT2D eigenvalue weighted by Crippen LogP contribution is -2.28. The van der Waals surface area contributed by atoms with Crippen LogP contribution < -0.4 is 11.1 Å². The van der Waals surface area contributed by atoms with Gasteiger partial charge in [0.2, 0.25) is 5.13 Å². The zero-order valence-electron chi connectivity index (χ0n) is 14.8. The highest BCUT2D eigenvalue weighted by Crippen LogP contribution is 2.24. The number of fused-ring (bicyclic) bond motifs is 2. The van der Waals surface area contributed by atoms with Crippen molar-refractivity contribution in [2.45, 2.75) is 32.4 Å². The lowest BCUT2D eigenvalue weighted by molar-refractivity contribution is 0.0958. The van der Waals surface area contributed by atoms with Crippen LogP contribution in [0.2, 0.25) is 0 Å². The summed E-state index contributed by atoms with van der Waals surface area (Å²) in [6.07, 6.45) is 1.98. The molecule has 1 N–H and O–H groups in total. The summed E-state index contributed by atoms with van der Waals surface area (Å²) in [5, 5.41) is 4.14. The van der Waals surface area contributed by atoms with Crippen molar-refractivity contribution in [3.63, 3.8) is 0 Å². The van der Waals surface area contributed by atoms with Gasteiger partial charge in [0.1, 0.15) is 0 Å². The highest BCUT2D eigenvalue weighted by atomic mass is 32.1. The minimum Gasteiger partial charge on any atom is -0.376 e. The molecule has 27 heavy (non-hydrogen) atoms. The predicted octanol–water partition coefficient (Wildman–Crippen LogP) is 2.58. The zero-order chi connectivity index (χ0) is 18.5. The van der Waals surface area contributed by atoms with E-state index in [0.29, 0.717) is 28.3 Å². The average Bonchev–Trinajstić information content (AvgIpc) is 3.37. The van der Waals surface area contributed by atoms with Crippen molar-refractivity contribution < 1.29 is 4.74 Å². The second-order valence-electron chi connectivity index (χ2n) is 6.82. The van der Waals surface area contributed by atoms with E-state index in [-0.39, 0.29) is 17.2 Å².